The zero-order chi connectivity index (χ0) is 35.9. The minimum atomic E-state index is -1.40. The van der Waals surface area contributed by atoms with E-state index in [9.17, 15) is 20.1 Å². The van der Waals surface area contributed by atoms with Crippen LogP contribution < -0.4 is 9.47 Å². The average Bonchev–Trinajstić information content (AvgIpc) is 3.12. The van der Waals surface area contributed by atoms with E-state index in [0.29, 0.717) is 36.7 Å². The first-order valence-electron chi connectivity index (χ1n) is 17.9. The van der Waals surface area contributed by atoms with Gasteiger partial charge < -0.3 is 43.8 Å². The van der Waals surface area contributed by atoms with Crippen molar-refractivity contribution >= 4 is 11.8 Å². The maximum absolute atomic E-state index is 13.8. The molecule has 1 aliphatic heterocycles. The van der Waals surface area contributed by atoms with Crippen molar-refractivity contribution in [2.45, 2.75) is 69.6 Å². The lowest BCUT2D eigenvalue weighted by atomic mass is 9.55. The first-order chi connectivity index (χ1) is 24.4. The van der Waals surface area contributed by atoms with Crippen molar-refractivity contribution in [1.82, 2.24) is 4.90 Å². The summed E-state index contributed by atoms with van der Waals surface area (Å²) in [5, 5.41) is 33.4. The summed E-state index contributed by atoms with van der Waals surface area (Å²) in [6.45, 7) is 10.7. The van der Waals surface area contributed by atoms with Crippen LogP contribution in [-0.2, 0) is 19.0 Å². The molecule has 6 unspecified atom stereocenters. The zero-order valence-electron chi connectivity index (χ0n) is 29.7. The summed E-state index contributed by atoms with van der Waals surface area (Å²) in [7, 11) is 1.51. The van der Waals surface area contributed by atoms with Gasteiger partial charge in [0.15, 0.2) is 0 Å². The molecule has 0 spiro atoms. The normalized spacial score (nSPS) is 25.8. The van der Waals surface area contributed by atoms with E-state index in [0.717, 1.165) is 36.8 Å². The largest absolute Gasteiger partial charge is 0.490 e. The third kappa shape index (κ3) is 8.89. The molecule has 12 heteroatoms. The number of unbranched alkanes of at least 4 members (excludes halogenated alkanes) is 2. The Kier molecular flexibility index (Phi) is 15.6. The van der Waals surface area contributed by atoms with Crippen molar-refractivity contribution < 1.29 is 48.6 Å². The third-order valence-electron chi connectivity index (χ3n) is 9.80. The van der Waals surface area contributed by atoms with Gasteiger partial charge in [0.1, 0.15) is 31.3 Å². The summed E-state index contributed by atoms with van der Waals surface area (Å²) in [5.74, 6) is -0.507. The van der Waals surface area contributed by atoms with Crippen LogP contribution in [0.3, 0.4) is 0 Å². The van der Waals surface area contributed by atoms with Gasteiger partial charge in [-0.1, -0.05) is 42.8 Å². The predicted molar refractivity (Wildman–Crippen MR) is 189 cm³/mol. The van der Waals surface area contributed by atoms with Crippen molar-refractivity contribution in [3.8, 4) is 11.5 Å². The van der Waals surface area contributed by atoms with Crippen molar-refractivity contribution in [3.63, 3.8) is 0 Å². The number of hydrogen-bond acceptors (Lipinski definition) is 11. The molecule has 1 fully saturated rings. The first kappa shape index (κ1) is 39.4. The van der Waals surface area contributed by atoms with Crippen LogP contribution in [0.5, 0.6) is 11.5 Å². The Morgan fingerprint density at radius 2 is 1.82 bits per heavy atom. The molecule has 1 amide bonds. The molecule has 50 heavy (non-hydrogen) atoms. The Morgan fingerprint density at radius 3 is 2.50 bits per heavy atom. The van der Waals surface area contributed by atoms with Crippen molar-refractivity contribution in [1.29, 1.82) is 0 Å². The molecule has 2 aliphatic carbocycles. The first-order valence-corrected chi connectivity index (χ1v) is 17.9. The molecule has 12 nitrogen and oxygen atoms in total. The van der Waals surface area contributed by atoms with E-state index in [1.54, 1.807) is 24.0 Å². The maximum atomic E-state index is 13.8. The molecule has 1 heterocycles. The number of benzene rings is 1. The highest BCUT2D eigenvalue weighted by molar-refractivity contribution is 6.02. The second kappa shape index (κ2) is 19.8. The quantitative estimate of drug-likeness (QED) is 0.0859. The number of carbonyl (C=O) groups excluding carboxylic acids is 1. The molecule has 6 atom stereocenters. The van der Waals surface area contributed by atoms with E-state index in [1.807, 2.05) is 18.2 Å². The molecule has 3 aliphatic rings. The second-order valence-corrected chi connectivity index (χ2v) is 12.8. The van der Waals surface area contributed by atoms with Gasteiger partial charge in [0.05, 0.1) is 44.7 Å². The lowest BCUT2D eigenvalue weighted by Crippen LogP contribution is -2.70. The predicted octanol–water partition coefficient (Wildman–Crippen LogP) is 4.98. The molecule has 4 rings (SSSR count). The number of rotatable bonds is 22. The summed E-state index contributed by atoms with van der Waals surface area (Å²) in [6.07, 6.45) is 10.0. The molecular weight excluding hydrogens is 644 g/mol. The SMILES string of the molecule is C=CCOc1ccc2c(c1)C1C(CCCCO)C(CCCCO)C=C3C(=NOC)CC(N(CCOCCO)C(=O)OCC)C(OCC=C)(O2)C31. The fourth-order valence-electron chi connectivity index (χ4n) is 7.91. The summed E-state index contributed by atoms with van der Waals surface area (Å²) < 4.78 is 31.3. The van der Waals surface area contributed by atoms with Gasteiger partial charge in [-0.15, -0.1) is 6.58 Å². The van der Waals surface area contributed by atoms with Gasteiger partial charge in [-0.25, -0.2) is 4.79 Å². The minimum Gasteiger partial charge on any atom is -0.490 e. The number of aliphatic hydroxyl groups is 3. The lowest BCUT2D eigenvalue weighted by molar-refractivity contribution is -0.256. The van der Waals surface area contributed by atoms with E-state index < -0.39 is 23.8 Å². The Balaban J connectivity index is 2.00. The molecular formula is C38H56N2O10. The number of amides is 1. The number of nitrogens with zero attached hydrogens (tertiary/aromatic N) is 2. The second-order valence-electron chi connectivity index (χ2n) is 12.8. The highest BCUT2D eigenvalue weighted by Crippen LogP contribution is 2.61. The van der Waals surface area contributed by atoms with Crippen LogP contribution in [0.4, 0.5) is 4.79 Å². The molecule has 0 radical (unpaired) electrons. The number of allylic oxidation sites excluding steroid dienone is 1. The Bertz CT molecular complexity index is 1320. The number of aliphatic hydroxyl groups excluding tert-OH is 3. The van der Waals surface area contributed by atoms with E-state index in [1.165, 1.54) is 7.11 Å². The number of oxime groups is 1. The Morgan fingerprint density at radius 1 is 1.06 bits per heavy atom. The lowest BCUT2D eigenvalue weighted by Gasteiger charge is -2.59. The monoisotopic (exact) mass is 700 g/mol. The van der Waals surface area contributed by atoms with E-state index >= 15 is 0 Å². The molecule has 3 N–H and O–H groups in total. The van der Waals surface area contributed by atoms with E-state index in [4.69, 9.17) is 28.5 Å². The summed E-state index contributed by atoms with van der Waals surface area (Å²) in [4.78, 5) is 20.9. The van der Waals surface area contributed by atoms with Gasteiger partial charge in [0.2, 0.25) is 5.79 Å². The summed E-state index contributed by atoms with van der Waals surface area (Å²) in [6, 6.07) is 5.08. The van der Waals surface area contributed by atoms with Crippen molar-refractivity contribution in [2.24, 2.45) is 22.9 Å². The molecule has 0 bridgehead atoms. The molecule has 0 saturated heterocycles. The van der Waals surface area contributed by atoms with Gasteiger partial charge in [0, 0.05) is 37.7 Å². The van der Waals surface area contributed by atoms with Crippen LogP contribution in [-0.4, -0.2) is 110 Å². The van der Waals surface area contributed by atoms with Crippen LogP contribution in [0.2, 0.25) is 0 Å². The van der Waals surface area contributed by atoms with E-state index in [2.05, 4.69) is 24.4 Å². The van der Waals surface area contributed by atoms with Crippen LogP contribution in [0, 0.1) is 17.8 Å². The standard InChI is InChI=1S/C38H56N2O10/c1-5-20-48-28-14-15-33-31(25-28)35-29(13-9-11-18-42)27(12-8-10-17-41)24-30-32(39-45-4)26-34(38(50-33,36(30)35)49-21-6-2)40(37(44)47-7-3)16-22-46-23-19-43/h5-6,14-15,24-25,27,29,34-36,41-43H,1-2,7-13,16-23,26H2,3-4H3. The Hall–Kier alpha value is -3.42. The third-order valence-corrected chi connectivity index (χ3v) is 9.80. The molecule has 1 aromatic carbocycles. The van der Waals surface area contributed by atoms with E-state index in [-0.39, 0.29) is 77.0 Å². The smallest absolute Gasteiger partial charge is 0.410 e. The maximum Gasteiger partial charge on any atom is 0.410 e. The van der Waals surface area contributed by atoms with Crippen molar-refractivity contribution in [3.05, 3.63) is 60.7 Å². The van der Waals surface area contributed by atoms with Crippen LogP contribution >= 0.6 is 0 Å². The zero-order valence-corrected chi connectivity index (χ0v) is 29.7. The van der Waals surface area contributed by atoms with Crippen molar-refractivity contribution in [2.75, 3.05) is 66.5 Å². The summed E-state index contributed by atoms with van der Waals surface area (Å²) >= 11 is 0. The number of fused-ring (bicyclic) bond motifs is 2. The fraction of sp³-hybridized carbons (Fsp3) is 0.632. The summed E-state index contributed by atoms with van der Waals surface area (Å²) in [5.41, 5.74) is 2.59. The van der Waals surface area contributed by atoms with Crippen LogP contribution in [0.25, 0.3) is 0 Å². The number of hydrogen-bond donors (Lipinski definition) is 3. The van der Waals surface area contributed by atoms with Gasteiger partial charge in [0.25, 0.3) is 0 Å². The highest BCUT2D eigenvalue weighted by atomic mass is 16.7. The topological polar surface area (TPSA) is 149 Å². The highest BCUT2D eigenvalue weighted by Gasteiger charge is 2.65. The van der Waals surface area contributed by atoms with Crippen LogP contribution in [0.1, 0.15) is 63.4 Å². The van der Waals surface area contributed by atoms with Gasteiger partial charge in [-0.3, -0.25) is 4.90 Å². The molecule has 1 aromatic rings. The van der Waals surface area contributed by atoms with Gasteiger partial charge in [-0.05, 0) is 68.2 Å². The number of ether oxygens (including phenoxy) is 5. The average molecular weight is 701 g/mol. The number of carbonyl (C=O) groups is 1. The minimum absolute atomic E-state index is 0.0875. The molecule has 278 valence electrons. The van der Waals surface area contributed by atoms with Gasteiger partial charge in [-0.2, -0.15) is 0 Å². The Labute approximate surface area is 296 Å². The van der Waals surface area contributed by atoms with Gasteiger partial charge >= 0.3 is 6.09 Å². The van der Waals surface area contributed by atoms with Crippen LogP contribution in [0.15, 0.2) is 60.3 Å². The molecule has 0 aromatic heterocycles. The fourth-order valence-corrected chi connectivity index (χ4v) is 7.91. The molecule has 1 saturated carbocycles.